The lowest BCUT2D eigenvalue weighted by Crippen LogP contribution is -2.18. The number of hydrogen-bond donors (Lipinski definition) is 0. The number of allylic oxidation sites excluding steroid dienone is 3. The lowest BCUT2D eigenvalue weighted by atomic mass is 9.78. The van der Waals surface area contributed by atoms with Crippen LogP contribution in [0.3, 0.4) is 0 Å². The van der Waals surface area contributed by atoms with Crippen molar-refractivity contribution in [3.8, 4) is 0 Å². The highest BCUT2D eigenvalue weighted by molar-refractivity contribution is 5.14. The SMILES string of the molecule is C=C(C)CCC(C)=C(C)C(C)C(C)C(C)CCC. The highest BCUT2D eigenvalue weighted by Gasteiger charge is 2.20. The second kappa shape index (κ2) is 8.56. The molecule has 0 heterocycles. The van der Waals surface area contributed by atoms with Crippen LogP contribution in [0.5, 0.6) is 0 Å². The molecule has 0 aliphatic heterocycles. The molecule has 0 nitrogen and oxygen atoms in total. The van der Waals surface area contributed by atoms with Crippen LogP contribution in [0.25, 0.3) is 0 Å². The molecule has 106 valence electrons. The molecule has 0 heteroatoms. The van der Waals surface area contributed by atoms with Crippen LogP contribution >= 0.6 is 0 Å². The summed E-state index contributed by atoms with van der Waals surface area (Å²) in [6.45, 7) is 20.3. The van der Waals surface area contributed by atoms with Gasteiger partial charge in [0.25, 0.3) is 0 Å². The molecule has 0 fully saturated rings. The maximum atomic E-state index is 4.00. The molecule has 0 saturated carbocycles. The van der Waals surface area contributed by atoms with Crippen LogP contribution in [-0.2, 0) is 0 Å². The second-order valence-corrected chi connectivity index (χ2v) is 6.33. The Morgan fingerprint density at radius 1 is 1.00 bits per heavy atom. The molecule has 0 rings (SSSR count). The maximum absolute atomic E-state index is 4.00. The zero-order chi connectivity index (χ0) is 14.3. The van der Waals surface area contributed by atoms with Gasteiger partial charge in [0.15, 0.2) is 0 Å². The van der Waals surface area contributed by atoms with E-state index in [0.29, 0.717) is 5.92 Å². The van der Waals surface area contributed by atoms with Gasteiger partial charge in [-0.25, -0.2) is 0 Å². The van der Waals surface area contributed by atoms with Gasteiger partial charge in [-0.1, -0.05) is 57.3 Å². The van der Waals surface area contributed by atoms with Crippen molar-refractivity contribution in [3.63, 3.8) is 0 Å². The van der Waals surface area contributed by atoms with E-state index >= 15 is 0 Å². The Hall–Kier alpha value is -0.520. The van der Waals surface area contributed by atoms with Crippen molar-refractivity contribution >= 4 is 0 Å². The summed E-state index contributed by atoms with van der Waals surface area (Å²) in [5.41, 5.74) is 4.47. The van der Waals surface area contributed by atoms with Crippen molar-refractivity contribution in [1.29, 1.82) is 0 Å². The summed E-state index contributed by atoms with van der Waals surface area (Å²) < 4.78 is 0. The molecule has 0 bridgehead atoms. The standard InChI is InChI=1S/C18H34/c1-9-10-14(4)16(6)18(8)17(7)15(5)12-11-13(2)3/h14,16,18H,2,9-12H2,1,3-8H3. The summed E-state index contributed by atoms with van der Waals surface area (Å²) in [5, 5.41) is 0. The molecule has 0 aromatic rings. The van der Waals surface area contributed by atoms with Gasteiger partial charge >= 0.3 is 0 Å². The summed E-state index contributed by atoms with van der Waals surface area (Å²) in [7, 11) is 0. The van der Waals surface area contributed by atoms with E-state index in [1.54, 1.807) is 11.1 Å². The predicted molar refractivity (Wildman–Crippen MR) is 84.8 cm³/mol. The average molecular weight is 250 g/mol. The van der Waals surface area contributed by atoms with Gasteiger partial charge in [0, 0.05) is 0 Å². The molecular formula is C18H34. The smallest absolute Gasteiger partial charge is 0.0204 e. The Morgan fingerprint density at radius 3 is 2.00 bits per heavy atom. The fraction of sp³-hybridized carbons (Fsp3) is 0.778. The zero-order valence-electron chi connectivity index (χ0n) is 13.8. The molecule has 0 aromatic carbocycles. The third kappa shape index (κ3) is 5.89. The first-order chi connectivity index (χ1) is 8.31. The summed E-state index contributed by atoms with van der Waals surface area (Å²) in [6.07, 6.45) is 4.97. The van der Waals surface area contributed by atoms with Crippen molar-refractivity contribution in [1.82, 2.24) is 0 Å². The van der Waals surface area contributed by atoms with E-state index in [1.807, 2.05) is 0 Å². The van der Waals surface area contributed by atoms with E-state index in [-0.39, 0.29) is 0 Å². The first-order valence-electron chi connectivity index (χ1n) is 7.61. The van der Waals surface area contributed by atoms with E-state index in [9.17, 15) is 0 Å². The lowest BCUT2D eigenvalue weighted by Gasteiger charge is -2.28. The first kappa shape index (κ1) is 17.5. The van der Waals surface area contributed by atoms with Crippen LogP contribution in [0.15, 0.2) is 23.3 Å². The van der Waals surface area contributed by atoms with Crippen LogP contribution in [0.4, 0.5) is 0 Å². The van der Waals surface area contributed by atoms with Crippen LogP contribution < -0.4 is 0 Å². The van der Waals surface area contributed by atoms with Gasteiger partial charge in [0.05, 0.1) is 0 Å². The molecule has 0 N–H and O–H groups in total. The summed E-state index contributed by atoms with van der Waals surface area (Å²) in [6, 6.07) is 0. The van der Waals surface area contributed by atoms with E-state index in [1.165, 1.54) is 24.8 Å². The average Bonchev–Trinajstić information content (AvgIpc) is 2.33. The molecule has 0 radical (unpaired) electrons. The molecule has 0 aliphatic rings. The van der Waals surface area contributed by atoms with Crippen molar-refractivity contribution in [2.24, 2.45) is 17.8 Å². The molecule has 0 saturated heterocycles. The fourth-order valence-corrected chi connectivity index (χ4v) is 2.59. The molecule has 0 aliphatic carbocycles. The maximum Gasteiger partial charge on any atom is -0.0204 e. The monoisotopic (exact) mass is 250 g/mol. The Morgan fingerprint density at radius 2 is 1.56 bits per heavy atom. The topological polar surface area (TPSA) is 0 Å². The Labute approximate surface area is 116 Å². The molecule has 18 heavy (non-hydrogen) atoms. The lowest BCUT2D eigenvalue weighted by molar-refractivity contribution is 0.290. The van der Waals surface area contributed by atoms with Crippen LogP contribution in [0.1, 0.15) is 74.1 Å². The molecule has 0 amide bonds. The summed E-state index contributed by atoms with van der Waals surface area (Å²) >= 11 is 0. The first-order valence-corrected chi connectivity index (χ1v) is 7.61. The predicted octanol–water partition coefficient (Wildman–Crippen LogP) is 6.39. The van der Waals surface area contributed by atoms with Gasteiger partial charge in [-0.05, 0) is 51.4 Å². The molecule has 0 spiro atoms. The fourth-order valence-electron chi connectivity index (χ4n) is 2.59. The van der Waals surface area contributed by atoms with Gasteiger partial charge in [-0.3, -0.25) is 0 Å². The van der Waals surface area contributed by atoms with Crippen LogP contribution in [0, 0.1) is 17.8 Å². The zero-order valence-corrected chi connectivity index (χ0v) is 13.8. The number of rotatable bonds is 8. The molecule has 0 aromatic heterocycles. The van der Waals surface area contributed by atoms with Crippen molar-refractivity contribution in [2.45, 2.75) is 74.1 Å². The van der Waals surface area contributed by atoms with Gasteiger partial charge < -0.3 is 0 Å². The Kier molecular flexibility index (Phi) is 8.31. The van der Waals surface area contributed by atoms with E-state index in [2.05, 4.69) is 55.0 Å². The minimum Gasteiger partial charge on any atom is -0.100 e. The van der Waals surface area contributed by atoms with E-state index < -0.39 is 0 Å². The van der Waals surface area contributed by atoms with Gasteiger partial charge in [-0.2, -0.15) is 0 Å². The Balaban J connectivity index is 4.59. The van der Waals surface area contributed by atoms with E-state index in [0.717, 1.165) is 18.3 Å². The highest BCUT2D eigenvalue weighted by Crippen LogP contribution is 2.31. The van der Waals surface area contributed by atoms with Gasteiger partial charge in [-0.15, -0.1) is 6.58 Å². The number of hydrogen-bond acceptors (Lipinski definition) is 0. The third-order valence-corrected chi connectivity index (χ3v) is 4.71. The second-order valence-electron chi connectivity index (χ2n) is 6.33. The van der Waals surface area contributed by atoms with Gasteiger partial charge in [0.2, 0.25) is 0 Å². The highest BCUT2D eigenvalue weighted by atomic mass is 14.3. The minimum atomic E-state index is 0.705. The van der Waals surface area contributed by atoms with Gasteiger partial charge in [0.1, 0.15) is 0 Å². The molecular weight excluding hydrogens is 216 g/mol. The van der Waals surface area contributed by atoms with Crippen LogP contribution in [0.2, 0.25) is 0 Å². The third-order valence-electron chi connectivity index (χ3n) is 4.71. The summed E-state index contributed by atoms with van der Waals surface area (Å²) in [5.74, 6) is 2.32. The minimum absolute atomic E-state index is 0.705. The summed E-state index contributed by atoms with van der Waals surface area (Å²) in [4.78, 5) is 0. The van der Waals surface area contributed by atoms with E-state index in [4.69, 9.17) is 0 Å². The quantitative estimate of drug-likeness (QED) is 0.438. The largest absolute Gasteiger partial charge is 0.100 e. The van der Waals surface area contributed by atoms with Crippen molar-refractivity contribution in [3.05, 3.63) is 23.3 Å². The Bertz CT molecular complexity index is 282. The van der Waals surface area contributed by atoms with Crippen molar-refractivity contribution < 1.29 is 0 Å². The van der Waals surface area contributed by atoms with Crippen molar-refractivity contribution in [2.75, 3.05) is 0 Å². The van der Waals surface area contributed by atoms with Crippen LogP contribution in [-0.4, -0.2) is 0 Å². The molecule has 3 unspecified atom stereocenters. The normalized spacial score (nSPS) is 17.9. The molecule has 3 atom stereocenters.